The lowest BCUT2D eigenvalue weighted by atomic mass is 9.90. The normalized spacial score (nSPS) is 12.3. The molecule has 2 N–H and O–H groups in total. The quantitative estimate of drug-likeness (QED) is 0.252. The van der Waals surface area contributed by atoms with E-state index in [2.05, 4.69) is 15.6 Å². The Morgan fingerprint density at radius 3 is 1.87 bits per heavy atom. The first-order chi connectivity index (χ1) is 17.5. The van der Waals surface area contributed by atoms with Crippen molar-refractivity contribution in [1.29, 1.82) is 0 Å². The van der Waals surface area contributed by atoms with Crippen LogP contribution in [0.4, 0.5) is 46.5 Å². The number of aromatic nitrogens is 1. The Morgan fingerprint density at radius 2 is 1.34 bits per heavy atom. The minimum Gasteiger partial charge on any atom is -0.321 e. The van der Waals surface area contributed by atoms with Crippen LogP contribution >= 0.6 is 11.6 Å². The first kappa shape index (κ1) is 28.8. The first-order valence-corrected chi connectivity index (χ1v) is 10.8. The van der Waals surface area contributed by atoms with Gasteiger partial charge in [0.25, 0.3) is 11.8 Å². The van der Waals surface area contributed by atoms with Crippen molar-refractivity contribution in [2.75, 3.05) is 10.6 Å². The van der Waals surface area contributed by atoms with Crippen molar-refractivity contribution in [3.63, 3.8) is 0 Å². The van der Waals surface area contributed by atoms with Gasteiger partial charge in [0.05, 0.1) is 16.8 Å². The number of alkyl halides is 7. The zero-order valence-corrected chi connectivity index (χ0v) is 20.0. The lowest BCUT2D eigenvalue weighted by molar-refractivity contribution is -0.348. The number of hydrogen-bond acceptors (Lipinski definition) is 3. The lowest BCUT2D eigenvalue weighted by Gasteiger charge is -2.31. The number of carbonyl (C=O) groups is 2. The maximum atomic E-state index is 15.1. The molecule has 2 amide bonds. The lowest BCUT2D eigenvalue weighted by Crippen LogP contribution is -2.50. The minimum absolute atomic E-state index is 0.0867. The number of hydrogen-bond donors (Lipinski definition) is 2. The standard InChI is InChI=1S/C24H16ClF8N3O2/c1-11-9-13(22(27,23(28,29)30)24(31,32)33)10-12(2)18(11)36-20(37)14-5-3-7-16(17(14)26)35-21(38)15-6-4-8-34-19(15)25/h3-10H,1-2H3,(H,35,38)(H,36,37). The smallest absolute Gasteiger partial charge is 0.321 e. The van der Waals surface area contributed by atoms with Gasteiger partial charge < -0.3 is 10.6 Å². The average Bonchev–Trinajstić information content (AvgIpc) is 2.80. The van der Waals surface area contributed by atoms with E-state index in [0.29, 0.717) is 12.1 Å². The number of aryl methyl sites for hydroxylation is 2. The minimum atomic E-state index is -6.32. The van der Waals surface area contributed by atoms with Crippen LogP contribution in [0.2, 0.25) is 5.15 Å². The van der Waals surface area contributed by atoms with Crippen molar-refractivity contribution in [1.82, 2.24) is 4.98 Å². The van der Waals surface area contributed by atoms with Crippen LogP contribution in [0.15, 0.2) is 48.7 Å². The van der Waals surface area contributed by atoms with Gasteiger partial charge in [0.2, 0.25) is 0 Å². The summed E-state index contributed by atoms with van der Waals surface area (Å²) in [5, 5.41) is 4.27. The third-order valence-corrected chi connectivity index (χ3v) is 5.75. The predicted molar refractivity (Wildman–Crippen MR) is 122 cm³/mol. The van der Waals surface area contributed by atoms with E-state index < -0.39 is 52.5 Å². The van der Waals surface area contributed by atoms with Gasteiger partial charge in [-0.3, -0.25) is 9.59 Å². The van der Waals surface area contributed by atoms with Crippen molar-refractivity contribution in [3.8, 4) is 0 Å². The molecule has 14 heteroatoms. The summed E-state index contributed by atoms with van der Waals surface area (Å²) < 4.78 is 108. The number of pyridine rings is 1. The Bertz CT molecular complexity index is 1370. The molecule has 0 aliphatic heterocycles. The molecule has 1 heterocycles. The van der Waals surface area contributed by atoms with Gasteiger partial charge in [-0.15, -0.1) is 0 Å². The van der Waals surface area contributed by atoms with Crippen LogP contribution < -0.4 is 10.6 Å². The third kappa shape index (κ3) is 5.28. The van der Waals surface area contributed by atoms with Gasteiger partial charge in [0, 0.05) is 17.4 Å². The number of nitrogens with zero attached hydrogens (tertiary/aromatic N) is 1. The van der Waals surface area contributed by atoms with Crippen LogP contribution in [0.1, 0.15) is 37.4 Å². The fourth-order valence-electron chi connectivity index (χ4n) is 3.58. The van der Waals surface area contributed by atoms with Gasteiger partial charge in [-0.2, -0.15) is 26.3 Å². The molecular weight excluding hydrogens is 550 g/mol. The van der Waals surface area contributed by atoms with Crippen molar-refractivity contribution < 1.29 is 44.7 Å². The Balaban J connectivity index is 1.93. The zero-order valence-electron chi connectivity index (χ0n) is 19.3. The molecule has 0 saturated carbocycles. The van der Waals surface area contributed by atoms with E-state index in [-0.39, 0.29) is 27.5 Å². The fraction of sp³-hybridized carbons (Fsp3) is 0.208. The summed E-state index contributed by atoms with van der Waals surface area (Å²) in [7, 11) is 0. The molecule has 2 aromatic carbocycles. The molecule has 0 aliphatic carbocycles. The van der Waals surface area contributed by atoms with E-state index in [9.17, 15) is 40.3 Å². The zero-order chi connectivity index (χ0) is 28.6. The van der Waals surface area contributed by atoms with E-state index in [0.717, 1.165) is 26.0 Å². The highest BCUT2D eigenvalue weighted by molar-refractivity contribution is 6.33. The van der Waals surface area contributed by atoms with Gasteiger partial charge in [-0.25, -0.2) is 13.8 Å². The maximum Gasteiger partial charge on any atom is 0.435 e. The monoisotopic (exact) mass is 565 g/mol. The number of halogens is 9. The summed E-state index contributed by atoms with van der Waals surface area (Å²) in [5.74, 6) is -3.18. The fourth-order valence-corrected chi connectivity index (χ4v) is 3.78. The van der Waals surface area contributed by atoms with Crippen LogP contribution in [0, 0.1) is 19.7 Å². The van der Waals surface area contributed by atoms with E-state index in [1.54, 1.807) is 0 Å². The highest BCUT2D eigenvalue weighted by Gasteiger charge is 2.73. The Labute approximate surface area is 214 Å². The van der Waals surface area contributed by atoms with Crippen molar-refractivity contribution in [2.45, 2.75) is 31.9 Å². The topological polar surface area (TPSA) is 71.1 Å². The summed E-state index contributed by atoms with van der Waals surface area (Å²) in [6.45, 7) is 2.09. The molecule has 3 rings (SSSR count). The molecule has 5 nitrogen and oxygen atoms in total. The largest absolute Gasteiger partial charge is 0.435 e. The second-order valence-electron chi connectivity index (χ2n) is 8.06. The molecule has 0 fully saturated rings. The Morgan fingerprint density at radius 1 is 0.816 bits per heavy atom. The Hall–Kier alpha value is -3.74. The van der Waals surface area contributed by atoms with E-state index >= 15 is 4.39 Å². The average molecular weight is 566 g/mol. The summed E-state index contributed by atoms with van der Waals surface area (Å²) in [4.78, 5) is 28.9. The first-order valence-electron chi connectivity index (χ1n) is 10.4. The van der Waals surface area contributed by atoms with Gasteiger partial charge in [-0.1, -0.05) is 29.8 Å². The van der Waals surface area contributed by atoms with Crippen LogP contribution in [-0.2, 0) is 5.67 Å². The maximum absolute atomic E-state index is 15.1. The SMILES string of the molecule is Cc1cc(C(F)(C(F)(F)F)C(F)(F)F)cc(C)c1NC(=O)c1cccc(NC(=O)c2cccnc2Cl)c1F. The number of anilines is 2. The van der Waals surface area contributed by atoms with Gasteiger partial charge >= 0.3 is 18.0 Å². The molecule has 0 radical (unpaired) electrons. The molecule has 1 aromatic heterocycles. The third-order valence-electron chi connectivity index (χ3n) is 5.45. The number of nitrogens with one attached hydrogen (secondary N) is 2. The molecule has 0 aliphatic rings. The van der Waals surface area contributed by atoms with Crippen LogP contribution in [0.3, 0.4) is 0 Å². The summed E-state index contributed by atoms with van der Waals surface area (Å²) in [6, 6.07) is 6.70. The van der Waals surface area contributed by atoms with Gasteiger partial charge in [-0.05, 0) is 49.2 Å². The summed E-state index contributed by atoms with van der Waals surface area (Å²) >= 11 is 5.84. The van der Waals surface area contributed by atoms with Gasteiger partial charge in [0.15, 0.2) is 5.82 Å². The van der Waals surface area contributed by atoms with E-state index in [4.69, 9.17) is 11.6 Å². The molecule has 0 spiro atoms. The molecule has 38 heavy (non-hydrogen) atoms. The molecule has 0 bridgehead atoms. The second-order valence-corrected chi connectivity index (χ2v) is 8.41. The molecular formula is C24H16ClF8N3O2. The molecule has 3 aromatic rings. The second kappa shape index (κ2) is 10.2. The molecule has 0 atom stereocenters. The number of rotatable bonds is 5. The van der Waals surface area contributed by atoms with E-state index in [1.165, 1.54) is 24.4 Å². The van der Waals surface area contributed by atoms with Crippen LogP contribution in [0.25, 0.3) is 0 Å². The van der Waals surface area contributed by atoms with Crippen LogP contribution in [-0.4, -0.2) is 29.2 Å². The number of carbonyl (C=O) groups excluding carboxylic acids is 2. The summed E-state index contributed by atoms with van der Waals surface area (Å²) in [5.41, 5.74) is -9.47. The Kier molecular flexibility index (Phi) is 7.74. The number of benzene rings is 2. The van der Waals surface area contributed by atoms with E-state index in [1.807, 2.05) is 0 Å². The predicted octanol–water partition coefficient (Wildman–Crippen LogP) is 7.28. The van der Waals surface area contributed by atoms with Crippen molar-refractivity contribution >= 4 is 34.8 Å². The highest BCUT2D eigenvalue weighted by Crippen LogP contribution is 2.53. The molecule has 0 unspecified atom stereocenters. The molecule has 202 valence electrons. The van der Waals surface area contributed by atoms with Gasteiger partial charge in [0.1, 0.15) is 5.15 Å². The van der Waals surface area contributed by atoms with Crippen molar-refractivity contribution in [3.05, 3.63) is 87.4 Å². The van der Waals surface area contributed by atoms with Crippen molar-refractivity contribution in [2.24, 2.45) is 0 Å². The number of amides is 2. The highest BCUT2D eigenvalue weighted by atomic mass is 35.5. The summed E-state index contributed by atoms with van der Waals surface area (Å²) in [6.07, 6.45) is -11.3. The van der Waals surface area contributed by atoms with Crippen LogP contribution in [0.5, 0.6) is 0 Å². The molecule has 0 saturated heterocycles.